The summed E-state index contributed by atoms with van der Waals surface area (Å²) in [6.45, 7) is 2.32. The summed E-state index contributed by atoms with van der Waals surface area (Å²) in [5.74, 6) is 1.07. The Morgan fingerprint density at radius 1 is 1.40 bits per heavy atom. The van der Waals surface area contributed by atoms with Crippen LogP contribution in [-0.2, 0) is 6.61 Å². The van der Waals surface area contributed by atoms with Crippen LogP contribution in [0.15, 0.2) is 34.9 Å². The van der Waals surface area contributed by atoms with Gasteiger partial charge in [-0.15, -0.1) is 0 Å². The van der Waals surface area contributed by atoms with Gasteiger partial charge in [0.1, 0.15) is 12.9 Å². The first-order chi connectivity index (χ1) is 9.65. The first-order valence-corrected chi connectivity index (χ1v) is 6.81. The Bertz CT molecular complexity index is 629. The molecule has 0 aliphatic rings. The highest BCUT2D eigenvalue weighted by atomic mass is 79.9. The molecule has 104 valence electrons. The molecular formula is C15H14BrNO3. The van der Waals surface area contributed by atoms with Gasteiger partial charge in [-0.3, -0.25) is 9.78 Å². The van der Waals surface area contributed by atoms with E-state index in [2.05, 4.69) is 20.9 Å². The molecule has 0 aliphatic carbocycles. The quantitative estimate of drug-likeness (QED) is 0.784. The van der Waals surface area contributed by atoms with Gasteiger partial charge in [0.05, 0.1) is 17.3 Å². The number of rotatable bonds is 5. The second-order valence-electron chi connectivity index (χ2n) is 4.21. The van der Waals surface area contributed by atoms with Gasteiger partial charge in [-0.2, -0.15) is 0 Å². The number of hydrogen-bond donors (Lipinski definition) is 0. The maximum Gasteiger partial charge on any atom is 0.175 e. The Labute approximate surface area is 125 Å². The molecule has 0 saturated carbocycles. The van der Waals surface area contributed by atoms with E-state index in [1.165, 1.54) is 7.11 Å². The summed E-state index contributed by atoms with van der Waals surface area (Å²) in [7, 11) is 1.54. The van der Waals surface area contributed by atoms with Gasteiger partial charge in [-0.05, 0) is 46.6 Å². The van der Waals surface area contributed by atoms with Gasteiger partial charge in [-0.25, -0.2) is 0 Å². The van der Waals surface area contributed by atoms with Crippen LogP contribution < -0.4 is 9.47 Å². The molecule has 2 rings (SSSR count). The normalized spacial score (nSPS) is 10.2. The fraction of sp³-hybridized carbons (Fsp3) is 0.200. The molecular weight excluding hydrogens is 322 g/mol. The van der Waals surface area contributed by atoms with E-state index >= 15 is 0 Å². The zero-order valence-electron chi connectivity index (χ0n) is 11.2. The fourth-order valence-corrected chi connectivity index (χ4v) is 2.33. The maximum absolute atomic E-state index is 10.8. The number of ether oxygens (including phenoxy) is 2. The van der Waals surface area contributed by atoms with Crippen molar-refractivity contribution < 1.29 is 14.3 Å². The lowest BCUT2D eigenvalue weighted by molar-refractivity contribution is 0.112. The minimum Gasteiger partial charge on any atom is -0.493 e. The molecule has 1 aromatic heterocycles. The molecule has 0 saturated heterocycles. The van der Waals surface area contributed by atoms with Gasteiger partial charge >= 0.3 is 0 Å². The maximum atomic E-state index is 10.8. The third-order valence-electron chi connectivity index (χ3n) is 2.86. The molecule has 0 N–H and O–H groups in total. The Hall–Kier alpha value is -1.88. The lowest BCUT2D eigenvalue weighted by Crippen LogP contribution is -2.02. The number of methoxy groups -OCH3 is 1. The second-order valence-corrected chi connectivity index (χ2v) is 5.06. The lowest BCUT2D eigenvalue weighted by Gasteiger charge is -2.13. The topological polar surface area (TPSA) is 48.4 Å². The standard InChI is InChI=1S/C15H14BrNO3/c1-10-4-3-5-17-13(10)9-20-15-12(16)6-11(8-18)7-14(15)19-2/h3-8H,9H2,1-2H3. The zero-order chi connectivity index (χ0) is 14.5. The third-order valence-corrected chi connectivity index (χ3v) is 3.45. The molecule has 0 spiro atoms. The number of nitrogens with zero attached hydrogens (tertiary/aromatic N) is 1. The predicted octanol–water partition coefficient (Wildman–Crippen LogP) is 3.55. The van der Waals surface area contributed by atoms with Crippen LogP contribution in [0.25, 0.3) is 0 Å². The predicted molar refractivity (Wildman–Crippen MR) is 79.4 cm³/mol. The van der Waals surface area contributed by atoms with Gasteiger partial charge in [0.2, 0.25) is 0 Å². The number of aromatic nitrogens is 1. The van der Waals surface area contributed by atoms with Crippen molar-refractivity contribution in [3.8, 4) is 11.5 Å². The highest BCUT2D eigenvalue weighted by Crippen LogP contribution is 2.36. The van der Waals surface area contributed by atoms with E-state index < -0.39 is 0 Å². The van der Waals surface area contributed by atoms with E-state index in [-0.39, 0.29) is 0 Å². The summed E-state index contributed by atoms with van der Waals surface area (Å²) in [4.78, 5) is 15.1. The van der Waals surface area contributed by atoms with E-state index in [4.69, 9.17) is 9.47 Å². The average molecular weight is 336 g/mol. The summed E-state index contributed by atoms with van der Waals surface area (Å²) in [5, 5.41) is 0. The summed E-state index contributed by atoms with van der Waals surface area (Å²) in [6, 6.07) is 7.19. The molecule has 0 atom stereocenters. The van der Waals surface area contributed by atoms with Crippen LogP contribution >= 0.6 is 15.9 Å². The van der Waals surface area contributed by atoms with Gasteiger partial charge in [-0.1, -0.05) is 6.07 Å². The molecule has 20 heavy (non-hydrogen) atoms. The molecule has 1 aromatic carbocycles. The van der Waals surface area contributed by atoms with Crippen molar-refractivity contribution in [1.29, 1.82) is 0 Å². The van der Waals surface area contributed by atoms with E-state index in [0.29, 0.717) is 28.1 Å². The minimum atomic E-state index is 0.335. The van der Waals surface area contributed by atoms with Crippen LogP contribution in [-0.4, -0.2) is 18.4 Å². The smallest absolute Gasteiger partial charge is 0.175 e. The van der Waals surface area contributed by atoms with Gasteiger partial charge < -0.3 is 9.47 Å². The van der Waals surface area contributed by atoms with Gasteiger partial charge in [0.15, 0.2) is 11.5 Å². The first kappa shape index (κ1) is 14.5. The number of halogens is 1. The fourth-order valence-electron chi connectivity index (χ4n) is 1.76. The van der Waals surface area contributed by atoms with E-state index in [9.17, 15) is 4.79 Å². The largest absolute Gasteiger partial charge is 0.493 e. The van der Waals surface area contributed by atoms with Crippen LogP contribution in [0.5, 0.6) is 11.5 Å². The molecule has 0 amide bonds. The molecule has 0 radical (unpaired) electrons. The van der Waals surface area contributed by atoms with Crippen molar-refractivity contribution in [1.82, 2.24) is 4.98 Å². The Morgan fingerprint density at radius 3 is 2.85 bits per heavy atom. The Balaban J connectivity index is 2.25. The summed E-state index contributed by atoms with van der Waals surface area (Å²) in [5.41, 5.74) is 2.45. The van der Waals surface area contributed by atoms with Crippen molar-refractivity contribution in [3.05, 3.63) is 51.8 Å². The number of pyridine rings is 1. The third kappa shape index (κ3) is 3.17. The van der Waals surface area contributed by atoms with Crippen molar-refractivity contribution >= 4 is 22.2 Å². The van der Waals surface area contributed by atoms with E-state index in [0.717, 1.165) is 17.5 Å². The molecule has 0 aliphatic heterocycles. The zero-order valence-corrected chi connectivity index (χ0v) is 12.8. The highest BCUT2D eigenvalue weighted by molar-refractivity contribution is 9.10. The van der Waals surface area contributed by atoms with Gasteiger partial charge in [0, 0.05) is 11.8 Å². The molecule has 1 heterocycles. The number of carbonyl (C=O) groups excluding carboxylic acids is 1. The first-order valence-electron chi connectivity index (χ1n) is 6.01. The molecule has 2 aromatic rings. The van der Waals surface area contributed by atoms with Crippen molar-refractivity contribution in [2.75, 3.05) is 7.11 Å². The van der Waals surface area contributed by atoms with Crippen LogP contribution in [0, 0.1) is 6.92 Å². The molecule has 0 fully saturated rings. The SMILES string of the molecule is COc1cc(C=O)cc(Br)c1OCc1ncccc1C. The number of benzene rings is 1. The van der Waals surface area contributed by atoms with E-state index in [1.807, 2.05) is 19.1 Å². The Kier molecular flexibility index (Phi) is 4.74. The molecule has 5 heteroatoms. The average Bonchev–Trinajstić information content (AvgIpc) is 2.46. The van der Waals surface area contributed by atoms with Crippen molar-refractivity contribution in [2.24, 2.45) is 0 Å². The number of aldehydes is 1. The lowest BCUT2D eigenvalue weighted by atomic mass is 10.2. The van der Waals surface area contributed by atoms with Crippen LogP contribution in [0.4, 0.5) is 0 Å². The van der Waals surface area contributed by atoms with Crippen LogP contribution in [0.1, 0.15) is 21.6 Å². The summed E-state index contributed by atoms with van der Waals surface area (Å²) < 4.78 is 11.7. The second kappa shape index (κ2) is 6.52. The molecule has 0 bridgehead atoms. The number of aryl methyl sites for hydroxylation is 1. The van der Waals surface area contributed by atoms with Gasteiger partial charge in [0.25, 0.3) is 0 Å². The summed E-state index contributed by atoms with van der Waals surface area (Å²) >= 11 is 3.39. The number of hydrogen-bond acceptors (Lipinski definition) is 4. The van der Waals surface area contributed by atoms with Crippen LogP contribution in [0.3, 0.4) is 0 Å². The van der Waals surface area contributed by atoms with Crippen molar-refractivity contribution in [3.63, 3.8) is 0 Å². The minimum absolute atomic E-state index is 0.335. The number of carbonyl (C=O) groups is 1. The van der Waals surface area contributed by atoms with E-state index in [1.54, 1.807) is 18.3 Å². The van der Waals surface area contributed by atoms with Crippen molar-refractivity contribution in [2.45, 2.75) is 13.5 Å². The highest BCUT2D eigenvalue weighted by Gasteiger charge is 2.12. The van der Waals surface area contributed by atoms with Crippen LogP contribution in [0.2, 0.25) is 0 Å². The molecule has 4 nitrogen and oxygen atoms in total. The summed E-state index contributed by atoms with van der Waals surface area (Å²) in [6.07, 6.45) is 2.49. The monoisotopic (exact) mass is 335 g/mol. The molecule has 0 unspecified atom stereocenters. The Morgan fingerprint density at radius 2 is 2.20 bits per heavy atom.